The third kappa shape index (κ3) is 3.46. The monoisotopic (exact) mass is 362 g/mol. The fourth-order valence-electron chi connectivity index (χ4n) is 3.27. The minimum absolute atomic E-state index is 0.281. The molecule has 0 aliphatic heterocycles. The molecular weight excluding hydrogens is 340 g/mol. The molecule has 6 nitrogen and oxygen atoms in total. The van der Waals surface area contributed by atoms with Crippen molar-refractivity contribution in [3.63, 3.8) is 0 Å². The van der Waals surface area contributed by atoms with E-state index < -0.39 is 5.54 Å². The number of esters is 1. The number of nitrogens with zero attached hydrogens (tertiary/aromatic N) is 1. The van der Waals surface area contributed by atoms with Gasteiger partial charge < -0.3 is 14.5 Å². The third-order valence-electron chi connectivity index (χ3n) is 4.59. The highest BCUT2D eigenvalue weighted by Gasteiger charge is 2.42. The van der Waals surface area contributed by atoms with E-state index in [1.165, 1.54) is 18.4 Å². The molecule has 2 aromatic heterocycles. The van der Waals surface area contributed by atoms with Crippen molar-refractivity contribution in [1.82, 2.24) is 10.3 Å². The van der Waals surface area contributed by atoms with Crippen molar-refractivity contribution in [3.8, 4) is 10.8 Å². The molecule has 0 spiro atoms. The summed E-state index contributed by atoms with van der Waals surface area (Å²) in [6.45, 7) is 3.65. The number of hydrogen-bond acceptors (Lipinski definition) is 6. The van der Waals surface area contributed by atoms with Gasteiger partial charge >= 0.3 is 5.97 Å². The van der Waals surface area contributed by atoms with Gasteiger partial charge in [0.15, 0.2) is 10.8 Å². The van der Waals surface area contributed by atoms with Gasteiger partial charge in [-0.1, -0.05) is 19.3 Å². The van der Waals surface area contributed by atoms with E-state index in [-0.39, 0.29) is 11.9 Å². The van der Waals surface area contributed by atoms with E-state index in [1.54, 1.807) is 6.92 Å². The fourth-order valence-corrected chi connectivity index (χ4v) is 4.19. The molecule has 7 heteroatoms. The van der Waals surface area contributed by atoms with Crippen LogP contribution in [0.1, 0.15) is 53.2 Å². The van der Waals surface area contributed by atoms with Crippen molar-refractivity contribution in [2.45, 2.75) is 51.5 Å². The van der Waals surface area contributed by atoms with Crippen LogP contribution in [0.4, 0.5) is 0 Å². The Hall–Kier alpha value is -2.15. The number of furan rings is 1. The van der Waals surface area contributed by atoms with E-state index in [4.69, 9.17) is 9.15 Å². The maximum absolute atomic E-state index is 12.8. The van der Waals surface area contributed by atoms with E-state index in [2.05, 4.69) is 10.3 Å². The van der Waals surface area contributed by atoms with Crippen molar-refractivity contribution in [3.05, 3.63) is 28.5 Å². The zero-order valence-electron chi connectivity index (χ0n) is 14.7. The minimum atomic E-state index is -0.929. The number of aromatic nitrogens is 1. The van der Waals surface area contributed by atoms with Gasteiger partial charge in [-0.2, -0.15) is 0 Å². The molecule has 0 atom stereocenters. The molecule has 1 amide bonds. The maximum Gasteiger partial charge on any atom is 0.331 e. The first-order chi connectivity index (χ1) is 11.9. The number of amides is 1. The Morgan fingerprint density at radius 1 is 1.24 bits per heavy atom. The summed E-state index contributed by atoms with van der Waals surface area (Å²) < 4.78 is 10.5. The van der Waals surface area contributed by atoms with Crippen molar-refractivity contribution in [1.29, 1.82) is 0 Å². The second-order valence-corrected chi connectivity index (χ2v) is 7.43. The zero-order valence-corrected chi connectivity index (χ0v) is 15.5. The van der Waals surface area contributed by atoms with E-state index in [1.807, 2.05) is 19.1 Å². The Labute approximate surface area is 150 Å². The second kappa shape index (κ2) is 7.00. The first-order valence-corrected chi connectivity index (χ1v) is 9.22. The number of nitrogens with one attached hydrogen (secondary N) is 1. The quantitative estimate of drug-likeness (QED) is 0.840. The SMILES string of the molecule is COC(=O)C1(NC(=O)c2sc(-c3ccc(C)o3)nc2C)CCCCC1. The Morgan fingerprint density at radius 3 is 2.56 bits per heavy atom. The van der Waals surface area contributed by atoms with Gasteiger partial charge in [0, 0.05) is 0 Å². The van der Waals surface area contributed by atoms with Gasteiger partial charge in [-0.05, 0) is 38.8 Å². The lowest BCUT2D eigenvalue weighted by atomic mass is 9.81. The molecular formula is C18H22N2O4S. The Morgan fingerprint density at radius 2 is 1.96 bits per heavy atom. The topological polar surface area (TPSA) is 81.4 Å². The average Bonchev–Trinajstić information content (AvgIpc) is 3.20. The zero-order chi connectivity index (χ0) is 18.0. The highest BCUT2D eigenvalue weighted by atomic mass is 32.1. The Bertz CT molecular complexity index is 787. The summed E-state index contributed by atoms with van der Waals surface area (Å²) in [5.41, 5.74) is -0.301. The van der Waals surface area contributed by atoms with Crippen LogP contribution in [0.2, 0.25) is 0 Å². The summed E-state index contributed by atoms with van der Waals surface area (Å²) >= 11 is 1.27. The van der Waals surface area contributed by atoms with Gasteiger partial charge in [-0.25, -0.2) is 9.78 Å². The van der Waals surface area contributed by atoms with E-state index in [0.29, 0.717) is 34.2 Å². The van der Waals surface area contributed by atoms with E-state index in [9.17, 15) is 9.59 Å². The predicted octanol–water partition coefficient (Wildman–Crippen LogP) is 3.63. The standard InChI is InChI=1S/C18H22N2O4S/c1-11-7-8-13(24-11)16-19-12(2)14(25-16)15(21)20-18(17(22)23-3)9-5-4-6-10-18/h7-8H,4-6,9-10H2,1-3H3,(H,20,21). The van der Waals surface area contributed by atoms with Crippen molar-refractivity contribution in [2.24, 2.45) is 0 Å². The molecule has 1 aliphatic carbocycles. The number of aryl methyl sites for hydroxylation is 2. The van der Waals surface area contributed by atoms with Crippen LogP contribution < -0.4 is 5.32 Å². The minimum Gasteiger partial charge on any atom is -0.467 e. The smallest absolute Gasteiger partial charge is 0.331 e. The summed E-state index contributed by atoms with van der Waals surface area (Å²) in [5.74, 6) is 0.784. The maximum atomic E-state index is 12.8. The van der Waals surface area contributed by atoms with Crippen LogP contribution in [0.25, 0.3) is 10.8 Å². The van der Waals surface area contributed by atoms with Crippen LogP contribution in [0, 0.1) is 13.8 Å². The van der Waals surface area contributed by atoms with Crippen LogP contribution in [-0.4, -0.2) is 29.5 Å². The van der Waals surface area contributed by atoms with Crippen LogP contribution in [0.5, 0.6) is 0 Å². The molecule has 2 aromatic rings. The Kier molecular flexibility index (Phi) is 4.94. The lowest BCUT2D eigenvalue weighted by Gasteiger charge is -2.35. The summed E-state index contributed by atoms with van der Waals surface area (Å²) in [6.07, 6.45) is 4.07. The molecule has 0 unspecified atom stereocenters. The molecule has 0 radical (unpaired) electrons. The summed E-state index contributed by atoms with van der Waals surface area (Å²) in [7, 11) is 1.36. The molecule has 1 fully saturated rings. The molecule has 1 saturated carbocycles. The number of carbonyl (C=O) groups excluding carboxylic acids is 2. The molecule has 3 rings (SSSR count). The molecule has 1 N–H and O–H groups in total. The van der Waals surface area contributed by atoms with Crippen LogP contribution in [0.15, 0.2) is 16.5 Å². The molecule has 0 saturated heterocycles. The molecule has 25 heavy (non-hydrogen) atoms. The Balaban J connectivity index is 1.85. The predicted molar refractivity (Wildman–Crippen MR) is 94.6 cm³/mol. The van der Waals surface area contributed by atoms with Gasteiger partial charge in [-0.15, -0.1) is 11.3 Å². The summed E-state index contributed by atoms with van der Waals surface area (Å²) in [4.78, 5) is 30.1. The van der Waals surface area contributed by atoms with Crippen molar-refractivity contribution < 1.29 is 18.7 Å². The summed E-state index contributed by atoms with van der Waals surface area (Å²) in [6, 6.07) is 3.70. The van der Waals surface area contributed by atoms with Gasteiger partial charge in [0.1, 0.15) is 16.2 Å². The number of ether oxygens (including phenoxy) is 1. The van der Waals surface area contributed by atoms with Gasteiger partial charge in [0.25, 0.3) is 5.91 Å². The molecule has 0 aromatic carbocycles. The lowest BCUT2D eigenvalue weighted by molar-refractivity contribution is -0.149. The first kappa shape index (κ1) is 17.7. The molecule has 2 heterocycles. The van der Waals surface area contributed by atoms with Gasteiger partial charge in [0.2, 0.25) is 0 Å². The highest BCUT2D eigenvalue weighted by Crippen LogP contribution is 2.32. The number of rotatable bonds is 4. The van der Waals surface area contributed by atoms with Crippen LogP contribution in [-0.2, 0) is 9.53 Å². The highest BCUT2D eigenvalue weighted by molar-refractivity contribution is 7.17. The molecule has 134 valence electrons. The third-order valence-corrected chi connectivity index (χ3v) is 5.76. The summed E-state index contributed by atoms with van der Waals surface area (Å²) in [5, 5.41) is 3.60. The second-order valence-electron chi connectivity index (χ2n) is 6.43. The number of thiazole rings is 1. The number of hydrogen-bond donors (Lipinski definition) is 1. The molecule has 1 aliphatic rings. The van der Waals surface area contributed by atoms with Gasteiger partial charge in [0.05, 0.1) is 12.8 Å². The lowest BCUT2D eigenvalue weighted by Crippen LogP contribution is -2.56. The van der Waals surface area contributed by atoms with Gasteiger partial charge in [-0.3, -0.25) is 4.79 Å². The average molecular weight is 362 g/mol. The number of methoxy groups -OCH3 is 1. The van der Waals surface area contributed by atoms with Crippen LogP contribution in [0.3, 0.4) is 0 Å². The van der Waals surface area contributed by atoms with Crippen molar-refractivity contribution in [2.75, 3.05) is 7.11 Å². The largest absolute Gasteiger partial charge is 0.467 e. The first-order valence-electron chi connectivity index (χ1n) is 8.40. The van der Waals surface area contributed by atoms with Crippen LogP contribution >= 0.6 is 11.3 Å². The normalized spacial score (nSPS) is 16.4. The van der Waals surface area contributed by atoms with Crippen molar-refractivity contribution >= 4 is 23.2 Å². The number of carbonyl (C=O) groups is 2. The van der Waals surface area contributed by atoms with E-state index >= 15 is 0 Å². The fraction of sp³-hybridized carbons (Fsp3) is 0.500. The van der Waals surface area contributed by atoms with E-state index in [0.717, 1.165) is 25.0 Å². The molecule has 0 bridgehead atoms.